The number of amides is 1. The number of hydrogen-bond acceptors (Lipinski definition) is 4. The molecule has 1 fully saturated rings. The largest absolute Gasteiger partial charge is 0.480 e. The van der Waals surface area contributed by atoms with Crippen molar-refractivity contribution in [2.75, 3.05) is 6.54 Å². The molecule has 1 amide bonds. The number of thiocarbonyl (C=S) groups is 1. The number of rotatable bonds is 4. The number of para-hydroxylation sites is 1. The Morgan fingerprint density at radius 3 is 2.83 bits per heavy atom. The van der Waals surface area contributed by atoms with Gasteiger partial charge < -0.3 is 9.67 Å². The molecule has 0 bridgehead atoms. The highest BCUT2D eigenvalue weighted by Gasteiger charge is 2.33. The summed E-state index contributed by atoms with van der Waals surface area (Å²) < 4.78 is 2.39. The van der Waals surface area contributed by atoms with Gasteiger partial charge in [-0.2, -0.15) is 0 Å². The molecule has 2 heterocycles. The molecule has 0 spiro atoms. The number of thioether (sulfide) groups is 1. The third-order valence-corrected chi connectivity index (χ3v) is 4.99. The predicted molar refractivity (Wildman–Crippen MR) is 95.1 cm³/mol. The Morgan fingerprint density at radius 1 is 1.39 bits per heavy atom. The van der Waals surface area contributed by atoms with Gasteiger partial charge in [0.25, 0.3) is 5.91 Å². The van der Waals surface area contributed by atoms with Crippen molar-refractivity contribution in [1.29, 1.82) is 0 Å². The summed E-state index contributed by atoms with van der Waals surface area (Å²) in [5, 5.41) is 9.93. The minimum atomic E-state index is -1.08. The molecule has 5 nitrogen and oxygen atoms in total. The van der Waals surface area contributed by atoms with Gasteiger partial charge in [0.1, 0.15) is 10.9 Å². The predicted octanol–water partition coefficient (Wildman–Crippen LogP) is 2.95. The number of carboxylic acids is 1. The van der Waals surface area contributed by atoms with E-state index in [9.17, 15) is 9.59 Å². The highest BCUT2D eigenvalue weighted by Crippen LogP contribution is 2.34. The van der Waals surface area contributed by atoms with Gasteiger partial charge in [0.2, 0.25) is 0 Å². The lowest BCUT2D eigenvalue weighted by molar-refractivity contribution is -0.140. The van der Waals surface area contributed by atoms with Crippen LogP contribution in [0.3, 0.4) is 0 Å². The smallest absolute Gasteiger partial charge is 0.323 e. The molecule has 1 saturated heterocycles. The summed E-state index contributed by atoms with van der Waals surface area (Å²) in [6.07, 6.45) is 3.78. The van der Waals surface area contributed by atoms with Crippen molar-refractivity contribution < 1.29 is 14.7 Å². The minimum Gasteiger partial charge on any atom is -0.480 e. The average Bonchev–Trinajstić information content (AvgIpc) is 3.00. The van der Waals surface area contributed by atoms with E-state index in [0.29, 0.717) is 4.91 Å². The van der Waals surface area contributed by atoms with E-state index in [1.165, 1.54) is 0 Å². The zero-order valence-corrected chi connectivity index (χ0v) is 14.0. The third-order valence-electron chi connectivity index (χ3n) is 3.61. The van der Waals surface area contributed by atoms with Gasteiger partial charge in [-0.15, -0.1) is 0 Å². The molecule has 0 radical (unpaired) electrons. The van der Waals surface area contributed by atoms with Gasteiger partial charge in [0.15, 0.2) is 0 Å². The second-order valence-electron chi connectivity index (χ2n) is 5.05. The van der Waals surface area contributed by atoms with Gasteiger partial charge in [-0.25, -0.2) is 0 Å². The fourth-order valence-electron chi connectivity index (χ4n) is 2.56. The molecule has 7 heteroatoms. The number of carbonyl (C=O) groups is 2. The van der Waals surface area contributed by atoms with E-state index in [2.05, 4.69) is 11.5 Å². The Labute approximate surface area is 142 Å². The first-order valence-electron chi connectivity index (χ1n) is 7.06. The van der Waals surface area contributed by atoms with Crippen LogP contribution in [0.2, 0.25) is 0 Å². The van der Waals surface area contributed by atoms with Gasteiger partial charge in [0, 0.05) is 29.2 Å². The molecule has 0 atom stereocenters. The van der Waals surface area contributed by atoms with Crippen molar-refractivity contribution in [3.05, 3.63) is 40.9 Å². The van der Waals surface area contributed by atoms with E-state index in [0.717, 1.165) is 39.7 Å². The quantitative estimate of drug-likeness (QED) is 0.681. The molecule has 0 saturated carbocycles. The molecule has 118 valence electrons. The lowest BCUT2D eigenvalue weighted by Gasteiger charge is -2.10. The minimum absolute atomic E-state index is 0.280. The monoisotopic (exact) mass is 346 g/mol. The number of hydrogen-bond donors (Lipinski definition) is 1. The van der Waals surface area contributed by atoms with Crippen molar-refractivity contribution >= 4 is 57.2 Å². The fourth-order valence-corrected chi connectivity index (χ4v) is 3.81. The van der Waals surface area contributed by atoms with Crippen LogP contribution in [0.5, 0.6) is 0 Å². The second kappa shape index (κ2) is 6.17. The first-order valence-corrected chi connectivity index (χ1v) is 8.28. The SMILES string of the molecule is CCn1cc(/C=C2\SC(=S)N(CC(=O)O)C2=O)c2ccccc21. The summed E-state index contributed by atoms with van der Waals surface area (Å²) in [6.45, 7) is 2.48. The summed E-state index contributed by atoms with van der Waals surface area (Å²) in [6, 6.07) is 7.97. The van der Waals surface area contributed by atoms with Gasteiger partial charge in [-0.1, -0.05) is 42.2 Å². The number of aryl methyl sites for hydroxylation is 1. The van der Waals surface area contributed by atoms with Crippen molar-refractivity contribution in [3.8, 4) is 0 Å². The van der Waals surface area contributed by atoms with E-state index in [1.54, 1.807) is 6.08 Å². The first kappa shape index (κ1) is 15.8. The Kier molecular flexibility index (Phi) is 4.23. The van der Waals surface area contributed by atoms with E-state index in [4.69, 9.17) is 17.3 Å². The Hall–Kier alpha value is -2.12. The van der Waals surface area contributed by atoms with Crippen LogP contribution in [0.15, 0.2) is 35.4 Å². The van der Waals surface area contributed by atoms with Crippen molar-refractivity contribution in [2.45, 2.75) is 13.5 Å². The molecular formula is C16H14N2O3S2. The Bertz CT molecular complexity index is 854. The molecular weight excluding hydrogens is 332 g/mol. The highest BCUT2D eigenvalue weighted by atomic mass is 32.2. The van der Waals surface area contributed by atoms with E-state index < -0.39 is 12.5 Å². The molecule has 3 rings (SSSR count). The number of fused-ring (bicyclic) bond motifs is 1. The fraction of sp³-hybridized carbons (Fsp3) is 0.188. The Balaban J connectivity index is 2.01. The number of benzene rings is 1. The molecule has 2 aromatic rings. The van der Waals surface area contributed by atoms with Gasteiger partial charge >= 0.3 is 5.97 Å². The van der Waals surface area contributed by atoms with Crippen LogP contribution in [0, 0.1) is 0 Å². The van der Waals surface area contributed by atoms with Crippen LogP contribution in [0.1, 0.15) is 12.5 Å². The molecule has 23 heavy (non-hydrogen) atoms. The molecule has 1 aromatic carbocycles. The summed E-state index contributed by atoms with van der Waals surface area (Å²) in [5.74, 6) is -1.43. The summed E-state index contributed by atoms with van der Waals surface area (Å²) in [4.78, 5) is 24.8. The van der Waals surface area contributed by atoms with Crippen LogP contribution in [0.25, 0.3) is 17.0 Å². The second-order valence-corrected chi connectivity index (χ2v) is 6.72. The van der Waals surface area contributed by atoms with Gasteiger partial charge in [-0.3, -0.25) is 14.5 Å². The van der Waals surface area contributed by atoms with E-state index in [-0.39, 0.29) is 10.2 Å². The summed E-state index contributed by atoms with van der Waals surface area (Å²) in [7, 11) is 0. The molecule has 0 unspecified atom stereocenters. The zero-order valence-electron chi connectivity index (χ0n) is 12.4. The molecule has 0 aliphatic carbocycles. The van der Waals surface area contributed by atoms with Crippen molar-refractivity contribution in [3.63, 3.8) is 0 Å². The van der Waals surface area contributed by atoms with Crippen molar-refractivity contribution in [1.82, 2.24) is 9.47 Å². The lowest BCUT2D eigenvalue weighted by atomic mass is 10.1. The van der Waals surface area contributed by atoms with Crippen LogP contribution in [0.4, 0.5) is 0 Å². The zero-order chi connectivity index (χ0) is 16.6. The highest BCUT2D eigenvalue weighted by molar-refractivity contribution is 8.26. The van der Waals surface area contributed by atoms with Crippen LogP contribution < -0.4 is 0 Å². The number of carboxylic acid groups (broad SMARTS) is 1. The number of carbonyl (C=O) groups excluding carboxylic acids is 1. The molecule has 1 aromatic heterocycles. The maximum Gasteiger partial charge on any atom is 0.323 e. The first-order chi connectivity index (χ1) is 11.0. The molecule has 1 N–H and O–H groups in total. The van der Waals surface area contributed by atoms with Crippen molar-refractivity contribution in [2.24, 2.45) is 0 Å². The summed E-state index contributed by atoms with van der Waals surface area (Å²) in [5.41, 5.74) is 2.03. The molecule has 1 aliphatic heterocycles. The maximum atomic E-state index is 12.3. The van der Waals surface area contributed by atoms with E-state index in [1.807, 2.05) is 30.5 Å². The number of nitrogens with zero attached hydrogens (tertiary/aromatic N) is 2. The van der Waals surface area contributed by atoms with Crippen LogP contribution >= 0.6 is 24.0 Å². The standard InChI is InChI=1S/C16H14N2O3S2/c1-2-17-8-10(11-5-3-4-6-12(11)17)7-13-15(21)18(9-14(19)20)16(22)23-13/h3-8H,2,9H2,1H3,(H,19,20)/b13-7-. The normalized spacial score (nSPS) is 16.7. The molecule has 1 aliphatic rings. The number of aliphatic carboxylic acids is 1. The lowest BCUT2D eigenvalue weighted by Crippen LogP contribution is -2.33. The van der Waals surface area contributed by atoms with Crippen LogP contribution in [-0.2, 0) is 16.1 Å². The topological polar surface area (TPSA) is 62.5 Å². The average molecular weight is 346 g/mol. The third kappa shape index (κ3) is 2.89. The van der Waals surface area contributed by atoms with Gasteiger partial charge in [0.05, 0.1) is 4.91 Å². The Morgan fingerprint density at radius 2 is 2.13 bits per heavy atom. The maximum absolute atomic E-state index is 12.3. The number of aromatic nitrogens is 1. The van der Waals surface area contributed by atoms with Crippen LogP contribution in [-0.4, -0.2) is 37.3 Å². The van der Waals surface area contributed by atoms with E-state index >= 15 is 0 Å². The summed E-state index contributed by atoms with van der Waals surface area (Å²) >= 11 is 6.25. The van der Waals surface area contributed by atoms with Gasteiger partial charge in [-0.05, 0) is 19.1 Å².